The maximum Gasteiger partial charge on any atom is 0.324 e. The second kappa shape index (κ2) is 7.51. The van der Waals surface area contributed by atoms with Crippen molar-refractivity contribution < 1.29 is 27.1 Å². The number of halogens is 1. The first-order valence-corrected chi connectivity index (χ1v) is 10.1. The third kappa shape index (κ3) is 3.49. The van der Waals surface area contributed by atoms with Crippen molar-refractivity contribution in [2.45, 2.75) is 37.3 Å². The van der Waals surface area contributed by atoms with Crippen molar-refractivity contribution in [1.29, 1.82) is 0 Å². The van der Waals surface area contributed by atoms with Crippen LogP contribution in [0.15, 0.2) is 29.2 Å². The lowest BCUT2D eigenvalue weighted by Crippen LogP contribution is -2.41. The summed E-state index contributed by atoms with van der Waals surface area (Å²) in [6.45, 7) is 3.13. The zero-order chi connectivity index (χ0) is 20.6. The zero-order valence-electron chi connectivity index (χ0n) is 16.0. The van der Waals surface area contributed by atoms with Crippen LogP contribution in [0.4, 0.5) is 4.39 Å². The molecule has 1 aromatic heterocycles. The van der Waals surface area contributed by atoms with Gasteiger partial charge in [0.2, 0.25) is 10.0 Å². The van der Waals surface area contributed by atoms with Gasteiger partial charge in [-0.15, -0.1) is 0 Å². The second-order valence-corrected chi connectivity index (χ2v) is 8.47. The molecule has 0 spiro atoms. The minimum atomic E-state index is -4.04. The van der Waals surface area contributed by atoms with Crippen molar-refractivity contribution in [2.24, 2.45) is 7.05 Å². The van der Waals surface area contributed by atoms with Gasteiger partial charge in [-0.05, 0) is 26.0 Å². The van der Waals surface area contributed by atoms with E-state index in [1.165, 1.54) is 30.0 Å². The van der Waals surface area contributed by atoms with Gasteiger partial charge in [0.25, 0.3) is 0 Å². The van der Waals surface area contributed by atoms with Crippen LogP contribution in [0, 0.1) is 19.7 Å². The standard InChI is InChI=1S/C18H22FN3O5S/c1-11-17(12(2)21(3)20-11)28(24,25)22-10-13(9-15(22)18(23)26-4)27-16-8-6-5-7-14(16)19/h5-8,13,15H,9-10H2,1-4H3. The molecule has 2 aromatic rings. The number of esters is 1. The molecular weight excluding hydrogens is 389 g/mol. The number of carbonyl (C=O) groups is 1. The summed E-state index contributed by atoms with van der Waals surface area (Å²) in [5, 5.41) is 4.15. The highest BCUT2D eigenvalue weighted by molar-refractivity contribution is 7.89. The fourth-order valence-corrected chi connectivity index (χ4v) is 5.46. The molecule has 2 heterocycles. The Bertz CT molecular complexity index is 1000. The monoisotopic (exact) mass is 411 g/mol. The number of methoxy groups -OCH3 is 1. The molecule has 10 heteroatoms. The molecule has 2 atom stereocenters. The number of aromatic nitrogens is 2. The Morgan fingerprint density at radius 3 is 2.54 bits per heavy atom. The molecule has 0 amide bonds. The number of rotatable bonds is 5. The Morgan fingerprint density at radius 1 is 1.29 bits per heavy atom. The number of para-hydroxylation sites is 1. The normalized spacial score (nSPS) is 20.3. The van der Waals surface area contributed by atoms with E-state index >= 15 is 0 Å². The molecule has 1 aliphatic heterocycles. The number of hydrogen-bond acceptors (Lipinski definition) is 6. The molecule has 1 aromatic carbocycles. The maximum atomic E-state index is 13.9. The van der Waals surface area contributed by atoms with Crippen molar-refractivity contribution in [1.82, 2.24) is 14.1 Å². The highest BCUT2D eigenvalue weighted by atomic mass is 32.2. The quantitative estimate of drug-likeness (QED) is 0.694. The molecule has 0 bridgehead atoms. The summed E-state index contributed by atoms with van der Waals surface area (Å²) in [6.07, 6.45) is -0.647. The van der Waals surface area contributed by atoms with Crippen molar-refractivity contribution in [2.75, 3.05) is 13.7 Å². The molecule has 1 aliphatic rings. The minimum Gasteiger partial charge on any atom is -0.486 e. The van der Waals surface area contributed by atoms with Crippen LogP contribution < -0.4 is 4.74 Å². The summed E-state index contributed by atoms with van der Waals surface area (Å²) in [4.78, 5) is 12.3. The van der Waals surface area contributed by atoms with E-state index < -0.39 is 34.0 Å². The van der Waals surface area contributed by atoms with Crippen LogP contribution in [-0.4, -0.2) is 54.3 Å². The molecule has 152 valence electrons. The summed E-state index contributed by atoms with van der Waals surface area (Å²) in [7, 11) is -1.20. The number of hydrogen-bond donors (Lipinski definition) is 0. The van der Waals surface area contributed by atoms with Gasteiger partial charge in [0.1, 0.15) is 17.0 Å². The summed E-state index contributed by atoms with van der Waals surface area (Å²) in [6, 6.07) is 4.78. The van der Waals surface area contributed by atoms with Crippen LogP contribution in [0.1, 0.15) is 17.8 Å². The van der Waals surface area contributed by atoms with Gasteiger partial charge in [0, 0.05) is 13.5 Å². The smallest absolute Gasteiger partial charge is 0.324 e. The highest BCUT2D eigenvalue weighted by Crippen LogP contribution is 2.32. The van der Waals surface area contributed by atoms with Gasteiger partial charge in [-0.25, -0.2) is 12.8 Å². The van der Waals surface area contributed by atoms with Gasteiger partial charge in [-0.2, -0.15) is 9.40 Å². The first-order chi connectivity index (χ1) is 13.2. The fraction of sp³-hybridized carbons (Fsp3) is 0.444. The van der Waals surface area contributed by atoms with Gasteiger partial charge < -0.3 is 9.47 Å². The van der Waals surface area contributed by atoms with Crippen LogP contribution in [0.2, 0.25) is 0 Å². The molecule has 1 fully saturated rings. The molecule has 8 nitrogen and oxygen atoms in total. The summed E-state index contributed by atoms with van der Waals surface area (Å²) < 4.78 is 53.5. The third-order valence-electron chi connectivity index (χ3n) is 4.83. The van der Waals surface area contributed by atoms with Gasteiger partial charge in [-0.1, -0.05) is 12.1 Å². The molecular formula is C18H22FN3O5S. The van der Waals surface area contributed by atoms with E-state index in [-0.39, 0.29) is 23.6 Å². The molecule has 28 heavy (non-hydrogen) atoms. The van der Waals surface area contributed by atoms with Crippen LogP contribution in [0.25, 0.3) is 0 Å². The van der Waals surface area contributed by atoms with E-state index in [2.05, 4.69) is 5.10 Å². The Kier molecular flexibility index (Phi) is 5.44. The Morgan fingerprint density at radius 2 is 1.96 bits per heavy atom. The lowest BCUT2D eigenvalue weighted by atomic mass is 10.2. The Hall–Kier alpha value is -2.46. The molecule has 1 saturated heterocycles. The molecule has 3 rings (SSSR count). The number of benzene rings is 1. The van der Waals surface area contributed by atoms with Crippen molar-refractivity contribution >= 4 is 16.0 Å². The SMILES string of the molecule is COC(=O)C1CC(Oc2ccccc2F)CN1S(=O)(=O)c1c(C)nn(C)c1C. The summed E-state index contributed by atoms with van der Waals surface area (Å²) in [5.74, 6) is -1.25. The first kappa shape index (κ1) is 20.3. The van der Waals surface area contributed by atoms with E-state index in [1.807, 2.05) is 0 Å². The van der Waals surface area contributed by atoms with E-state index in [9.17, 15) is 17.6 Å². The average molecular weight is 411 g/mol. The number of ether oxygens (including phenoxy) is 2. The van der Waals surface area contributed by atoms with E-state index in [1.54, 1.807) is 27.0 Å². The summed E-state index contributed by atoms with van der Waals surface area (Å²) in [5.41, 5.74) is 0.793. The topological polar surface area (TPSA) is 90.7 Å². The largest absolute Gasteiger partial charge is 0.486 e. The molecule has 2 unspecified atom stereocenters. The number of sulfonamides is 1. The fourth-order valence-electron chi connectivity index (χ4n) is 3.43. The van der Waals surface area contributed by atoms with Crippen molar-refractivity contribution in [3.05, 3.63) is 41.5 Å². The van der Waals surface area contributed by atoms with Crippen LogP contribution >= 0.6 is 0 Å². The van der Waals surface area contributed by atoms with Crippen molar-refractivity contribution in [3.63, 3.8) is 0 Å². The van der Waals surface area contributed by atoms with E-state index in [0.717, 1.165) is 4.31 Å². The number of aryl methyl sites for hydroxylation is 2. The second-order valence-electron chi connectivity index (χ2n) is 6.64. The molecule has 0 N–H and O–H groups in total. The molecule has 0 radical (unpaired) electrons. The predicted molar refractivity (Wildman–Crippen MR) is 97.8 cm³/mol. The van der Waals surface area contributed by atoms with Gasteiger partial charge in [0.05, 0.1) is 25.0 Å². The van der Waals surface area contributed by atoms with Crippen LogP contribution in [-0.2, 0) is 26.6 Å². The van der Waals surface area contributed by atoms with Gasteiger partial charge in [-0.3, -0.25) is 9.48 Å². The van der Waals surface area contributed by atoms with Gasteiger partial charge in [0.15, 0.2) is 11.6 Å². The zero-order valence-corrected chi connectivity index (χ0v) is 16.9. The van der Waals surface area contributed by atoms with E-state index in [0.29, 0.717) is 11.4 Å². The summed E-state index contributed by atoms with van der Waals surface area (Å²) >= 11 is 0. The Balaban J connectivity index is 1.95. The van der Waals surface area contributed by atoms with Gasteiger partial charge >= 0.3 is 5.97 Å². The number of nitrogens with zero attached hydrogens (tertiary/aromatic N) is 3. The molecule has 0 saturated carbocycles. The molecule has 0 aliphatic carbocycles. The minimum absolute atomic E-state index is 0.00380. The lowest BCUT2D eigenvalue weighted by Gasteiger charge is -2.22. The lowest BCUT2D eigenvalue weighted by molar-refractivity contribution is -0.144. The third-order valence-corrected chi connectivity index (χ3v) is 6.96. The average Bonchev–Trinajstić information content (AvgIpc) is 3.18. The van der Waals surface area contributed by atoms with Crippen molar-refractivity contribution in [3.8, 4) is 5.75 Å². The maximum absolute atomic E-state index is 13.9. The van der Waals surface area contributed by atoms with Crippen LogP contribution in [0.5, 0.6) is 5.75 Å². The number of carbonyl (C=O) groups excluding carboxylic acids is 1. The van der Waals surface area contributed by atoms with Crippen LogP contribution in [0.3, 0.4) is 0 Å². The van der Waals surface area contributed by atoms with E-state index in [4.69, 9.17) is 9.47 Å². The predicted octanol–water partition coefficient (Wildman–Crippen LogP) is 1.56. The first-order valence-electron chi connectivity index (χ1n) is 8.67. The highest BCUT2D eigenvalue weighted by Gasteiger charge is 2.47. The Labute approximate surface area is 162 Å².